The number of carbonyl (C=O) groups excluding carboxylic acids is 1. The molecule has 0 unspecified atom stereocenters. The molecule has 3 rings (SSSR count). The van der Waals surface area contributed by atoms with Crippen molar-refractivity contribution in [1.82, 2.24) is 0 Å². The Balaban J connectivity index is 1.97. The number of rotatable bonds is 4. The van der Waals surface area contributed by atoms with Crippen molar-refractivity contribution in [2.45, 2.75) is 11.8 Å². The Morgan fingerprint density at radius 2 is 1.58 bits per heavy atom. The van der Waals surface area contributed by atoms with Crippen molar-refractivity contribution in [3.63, 3.8) is 0 Å². The number of carbonyl (C=O) groups is 1. The lowest BCUT2D eigenvalue weighted by Gasteiger charge is -2.12. The van der Waals surface area contributed by atoms with E-state index in [1.807, 2.05) is 24.3 Å². The Morgan fingerprint density at radius 1 is 0.917 bits per heavy atom. The maximum Gasteiger partial charge on any atom is 0.339 e. The zero-order chi connectivity index (χ0) is 17.2. The summed E-state index contributed by atoms with van der Waals surface area (Å²) in [5.74, 6) is -0.241. The Kier molecular flexibility index (Phi) is 4.22. The lowest BCUT2D eigenvalue weighted by molar-refractivity contribution is -0.114. The highest BCUT2D eigenvalue weighted by Crippen LogP contribution is 2.28. The van der Waals surface area contributed by atoms with E-state index in [9.17, 15) is 13.2 Å². The van der Waals surface area contributed by atoms with Gasteiger partial charge in [0.05, 0.1) is 5.69 Å². The monoisotopic (exact) mass is 341 g/mol. The summed E-state index contributed by atoms with van der Waals surface area (Å²) in [5.41, 5.74) is 0.300. The van der Waals surface area contributed by atoms with Gasteiger partial charge in [0, 0.05) is 6.92 Å². The molecule has 0 aliphatic carbocycles. The van der Waals surface area contributed by atoms with Gasteiger partial charge in [-0.3, -0.25) is 4.79 Å². The molecular weight excluding hydrogens is 326 g/mol. The minimum atomic E-state index is -4.01. The van der Waals surface area contributed by atoms with Crippen molar-refractivity contribution in [3.05, 3.63) is 66.7 Å². The molecule has 0 aliphatic heterocycles. The van der Waals surface area contributed by atoms with Crippen LogP contribution in [0, 0.1) is 0 Å². The number of hydrogen-bond acceptors (Lipinski definition) is 4. The SMILES string of the molecule is CC(=O)Nc1ccccc1OS(=O)(=O)c1ccc2ccccc2c1. The largest absolute Gasteiger partial charge is 0.377 e. The first kappa shape index (κ1) is 16.0. The van der Waals surface area contributed by atoms with Crippen LogP contribution < -0.4 is 9.50 Å². The molecule has 0 bridgehead atoms. The van der Waals surface area contributed by atoms with Crippen LogP contribution in [0.5, 0.6) is 5.75 Å². The van der Waals surface area contributed by atoms with Crippen molar-refractivity contribution in [2.75, 3.05) is 5.32 Å². The molecule has 0 radical (unpaired) electrons. The Hall–Kier alpha value is -2.86. The topological polar surface area (TPSA) is 72.5 Å². The number of fused-ring (bicyclic) bond motifs is 1. The lowest BCUT2D eigenvalue weighted by Crippen LogP contribution is -2.13. The number of nitrogens with one attached hydrogen (secondary N) is 1. The highest BCUT2D eigenvalue weighted by molar-refractivity contribution is 7.87. The first-order valence-corrected chi connectivity index (χ1v) is 8.66. The number of amides is 1. The van der Waals surface area contributed by atoms with E-state index in [4.69, 9.17) is 4.18 Å². The molecule has 3 aromatic rings. The molecule has 0 fully saturated rings. The standard InChI is InChI=1S/C18H15NO4S/c1-13(20)19-17-8-4-5-9-18(17)23-24(21,22)16-11-10-14-6-2-3-7-15(14)12-16/h2-12H,1H3,(H,19,20). The Labute approximate surface area is 140 Å². The lowest BCUT2D eigenvalue weighted by atomic mass is 10.1. The fourth-order valence-corrected chi connectivity index (χ4v) is 3.31. The molecule has 122 valence electrons. The summed E-state index contributed by atoms with van der Waals surface area (Å²) in [6.45, 7) is 1.34. The summed E-state index contributed by atoms with van der Waals surface area (Å²) in [7, 11) is -4.01. The number of hydrogen-bond donors (Lipinski definition) is 1. The highest BCUT2D eigenvalue weighted by atomic mass is 32.2. The highest BCUT2D eigenvalue weighted by Gasteiger charge is 2.19. The number of benzene rings is 3. The quantitative estimate of drug-likeness (QED) is 0.736. The van der Waals surface area contributed by atoms with Crippen LogP contribution in [0.4, 0.5) is 5.69 Å². The van der Waals surface area contributed by atoms with Gasteiger partial charge in [0.2, 0.25) is 5.91 Å². The minimum Gasteiger partial charge on any atom is -0.377 e. The van der Waals surface area contributed by atoms with Gasteiger partial charge in [0.25, 0.3) is 0 Å². The normalized spacial score (nSPS) is 11.2. The van der Waals surface area contributed by atoms with Gasteiger partial charge < -0.3 is 9.50 Å². The predicted octanol–water partition coefficient (Wildman–Crippen LogP) is 3.57. The smallest absolute Gasteiger partial charge is 0.339 e. The molecule has 5 nitrogen and oxygen atoms in total. The van der Waals surface area contributed by atoms with E-state index in [1.165, 1.54) is 19.1 Å². The summed E-state index contributed by atoms with van der Waals surface area (Å²) in [4.78, 5) is 11.3. The van der Waals surface area contributed by atoms with Crippen LogP contribution in [0.1, 0.15) is 6.92 Å². The van der Waals surface area contributed by atoms with Crippen molar-refractivity contribution in [3.8, 4) is 5.75 Å². The number of anilines is 1. The van der Waals surface area contributed by atoms with E-state index in [0.29, 0.717) is 5.69 Å². The third-order valence-electron chi connectivity index (χ3n) is 3.41. The molecule has 3 aromatic carbocycles. The molecule has 0 saturated heterocycles. The molecule has 6 heteroatoms. The third-order valence-corrected chi connectivity index (χ3v) is 4.64. The number of para-hydroxylation sites is 2. The molecule has 1 amide bonds. The van der Waals surface area contributed by atoms with E-state index in [1.54, 1.807) is 30.3 Å². The molecule has 1 N–H and O–H groups in total. The van der Waals surface area contributed by atoms with Crippen LogP contribution in [0.15, 0.2) is 71.6 Å². The summed E-state index contributed by atoms with van der Waals surface area (Å²) in [6.07, 6.45) is 0. The van der Waals surface area contributed by atoms with E-state index in [2.05, 4.69) is 5.32 Å². The van der Waals surface area contributed by atoms with Crippen LogP contribution >= 0.6 is 0 Å². The molecular formula is C18H15NO4S. The summed E-state index contributed by atoms with van der Waals surface area (Å²) in [6, 6.07) is 18.6. The van der Waals surface area contributed by atoms with Gasteiger partial charge in [0.15, 0.2) is 5.75 Å². The summed E-state index contributed by atoms with van der Waals surface area (Å²) in [5, 5.41) is 4.29. The molecule has 0 atom stereocenters. The third kappa shape index (κ3) is 3.38. The Bertz CT molecular complexity index is 1010. The fourth-order valence-electron chi connectivity index (χ4n) is 2.32. The molecule has 0 heterocycles. The van der Waals surface area contributed by atoms with E-state index >= 15 is 0 Å². The average molecular weight is 341 g/mol. The van der Waals surface area contributed by atoms with Crippen molar-refractivity contribution in [2.24, 2.45) is 0 Å². The molecule has 0 spiro atoms. The first-order chi connectivity index (χ1) is 11.5. The molecule has 0 aromatic heterocycles. The van der Waals surface area contributed by atoms with Crippen LogP contribution in [0.25, 0.3) is 10.8 Å². The van der Waals surface area contributed by atoms with Crippen LogP contribution in [0.3, 0.4) is 0 Å². The fraction of sp³-hybridized carbons (Fsp3) is 0.0556. The Morgan fingerprint density at radius 3 is 2.33 bits per heavy atom. The van der Waals surface area contributed by atoms with Gasteiger partial charge in [-0.15, -0.1) is 0 Å². The van der Waals surface area contributed by atoms with E-state index in [-0.39, 0.29) is 16.6 Å². The molecule has 24 heavy (non-hydrogen) atoms. The van der Waals surface area contributed by atoms with Gasteiger partial charge in [-0.25, -0.2) is 0 Å². The first-order valence-electron chi connectivity index (χ1n) is 7.26. The van der Waals surface area contributed by atoms with E-state index < -0.39 is 10.1 Å². The van der Waals surface area contributed by atoms with Gasteiger partial charge in [-0.2, -0.15) is 8.42 Å². The maximum atomic E-state index is 12.5. The second kappa shape index (κ2) is 6.33. The van der Waals surface area contributed by atoms with Gasteiger partial charge in [-0.1, -0.05) is 42.5 Å². The average Bonchev–Trinajstić information content (AvgIpc) is 2.55. The zero-order valence-electron chi connectivity index (χ0n) is 12.9. The van der Waals surface area contributed by atoms with E-state index in [0.717, 1.165) is 10.8 Å². The zero-order valence-corrected chi connectivity index (χ0v) is 13.7. The van der Waals surface area contributed by atoms with Crippen LogP contribution in [0.2, 0.25) is 0 Å². The second-order valence-electron chi connectivity index (χ2n) is 5.22. The van der Waals surface area contributed by atoms with Gasteiger partial charge in [-0.05, 0) is 35.0 Å². The van der Waals surface area contributed by atoms with Gasteiger partial charge in [0.1, 0.15) is 4.90 Å². The molecule has 0 saturated carbocycles. The predicted molar refractivity (Wildman–Crippen MR) is 92.5 cm³/mol. The summed E-state index contributed by atoms with van der Waals surface area (Å²) < 4.78 is 30.3. The minimum absolute atomic E-state index is 0.0545. The van der Waals surface area contributed by atoms with Gasteiger partial charge >= 0.3 is 10.1 Å². The van der Waals surface area contributed by atoms with Crippen molar-refractivity contribution < 1.29 is 17.4 Å². The van der Waals surface area contributed by atoms with Crippen molar-refractivity contribution in [1.29, 1.82) is 0 Å². The van der Waals surface area contributed by atoms with Crippen LogP contribution in [-0.2, 0) is 14.9 Å². The molecule has 0 aliphatic rings. The van der Waals surface area contributed by atoms with Crippen molar-refractivity contribution >= 4 is 32.5 Å². The second-order valence-corrected chi connectivity index (χ2v) is 6.77. The maximum absolute atomic E-state index is 12.5. The summed E-state index contributed by atoms with van der Waals surface area (Å²) >= 11 is 0. The van der Waals surface area contributed by atoms with Crippen LogP contribution in [-0.4, -0.2) is 14.3 Å².